The second kappa shape index (κ2) is 12.1. The van der Waals surface area contributed by atoms with Gasteiger partial charge in [0.15, 0.2) is 0 Å². The summed E-state index contributed by atoms with van der Waals surface area (Å²) in [6, 6.07) is 12.5. The second-order valence-corrected chi connectivity index (χ2v) is 9.12. The number of benzene rings is 2. The van der Waals surface area contributed by atoms with Crippen LogP contribution < -0.4 is 4.74 Å². The summed E-state index contributed by atoms with van der Waals surface area (Å²) in [5.74, 6) is -0.793. The Balaban J connectivity index is 1.60. The molecule has 0 aromatic heterocycles. The number of ether oxygens (including phenoxy) is 2. The van der Waals surface area contributed by atoms with Gasteiger partial charge in [-0.15, -0.1) is 0 Å². The molecule has 0 bridgehead atoms. The molecule has 8 nitrogen and oxygen atoms in total. The van der Waals surface area contributed by atoms with Crippen LogP contribution in [0.2, 0.25) is 0 Å². The maximum Gasteiger partial charge on any atom is 0.295 e. The average Bonchev–Trinajstić information content (AvgIpc) is 3.15. The third-order valence-electron chi connectivity index (χ3n) is 6.62. The first-order valence-electron chi connectivity index (χ1n) is 12.6. The lowest BCUT2D eigenvalue weighted by molar-refractivity contribution is -0.140. The van der Waals surface area contributed by atoms with E-state index in [1.807, 2.05) is 0 Å². The molecule has 2 aromatic rings. The third-order valence-corrected chi connectivity index (χ3v) is 6.62. The maximum atomic E-state index is 13.2. The van der Waals surface area contributed by atoms with Crippen LogP contribution in [0.5, 0.6) is 11.5 Å². The summed E-state index contributed by atoms with van der Waals surface area (Å²) in [5, 5.41) is 21.0. The number of aliphatic hydroxyl groups is 1. The number of nitrogens with zero attached hydrogens (tertiary/aromatic N) is 2. The zero-order valence-electron chi connectivity index (χ0n) is 20.7. The minimum Gasteiger partial charge on any atom is -0.508 e. The molecule has 2 N–H and O–H groups in total. The molecular weight excluding hydrogens is 460 g/mol. The van der Waals surface area contributed by atoms with Gasteiger partial charge in [-0.2, -0.15) is 0 Å². The number of hydrogen-bond acceptors (Lipinski definition) is 7. The van der Waals surface area contributed by atoms with E-state index in [9.17, 15) is 19.8 Å². The molecule has 2 fully saturated rings. The van der Waals surface area contributed by atoms with Gasteiger partial charge in [0.25, 0.3) is 11.7 Å². The van der Waals surface area contributed by atoms with Crippen molar-refractivity contribution in [2.24, 2.45) is 0 Å². The molecule has 1 amide bonds. The Morgan fingerprint density at radius 1 is 1.00 bits per heavy atom. The molecule has 2 aliphatic heterocycles. The molecule has 8 heteroatoms. The number of hydrogen-bond donors (Lipinski definition) is 2. The average molecular weight is 495 g/mol. The minimum atomic E-state index is -0.740. The fourth-order valence-electron chi connectivity index (χ4n) is 4.60. The number of carbonyl (C=O) groups excluding carboxylic acids is 2. The molecule has 192 valence electrons. The summed E-state index contributed by atoms with van der Waals surface area (Å²) < 4.78 is 11.1. The van der Waals surface area contributed by atoms with E-state index in [0.717, 1.165) is 32.5 Å². The Bertz CT molecular complexity index is 1070. The summed E-state index contributed by atoms with van der Waals surface area (Å²) in [5.41, 5.74) is 1.14. The number of unbranched alkanes of at least 4 members (excludes halogenated alkanes) is 1. The number of phenols is 1. The lowest BCUT2D eigenvalue weighted by Crippen LogP contribution is -2.38. The fraction of sp³-hybridized carbons (Fsp3) is 0.429. The van der Waals surface area contributed by atoms with Gasteiger partial charge in [-0.3, -0.25) is 14.5 Å². The molecule has 2 aliphatic rings. The summed E-state index contributed by atoms with van der Waals surface area (Å²) in [6.07, 6.45) is 2.66. The van der Waals surface area contributed by atoms with Crippen molar-refractivity contribution in [3.8, 4) is 11.5 Å². The first-order valence-corrected chi connectivity index (χ1v) is 12.6. The highest BCUT2D eigenvalue weighted by Gasteiger charge is 2.45. The summed E-state index contributed by atoms with van der Waals surface area (Å²) in [7, 11) is 0. The van der Waals surface area contributed by atoms with E-state index >= 15 is 0 Å². The number of aromatic hydroxyl groups is 1. The molecule has 1 unspecified atom stereocenters. The maximum absolute atomic E-state index is 13.2. The quantitative estimate of drug-likeness (QED) is 0.225. The molecule has 2 saturated heterocycles. The van der Waals surface area contributed by atoms with E-state index in [1.165, 1.54) is 17.0 Å². The van der Waals surface area contributed by atoms with Crippen LogP contribution in [-0.2, 0) is 14.3 Å². The third kappa shape index (κ3) is 5.88. The van der Waals surface area contributed by atoms with Crippen molar-refractivity contribution >= 4 is 17.4 Å². The Morgan fingerprint density at radius 2 is 1.69 bits per heavy atom. The van der Waals surface area contributed by atoms with Gasteiger partial charge in [0.05, 0.1) is 31.4 Å². The Hall–Kier alpha value is -3.36. The van der Waals surface area contributed by atoms with E-state index in [4.69, 9.17) is 9.47 Å². The number of carbonyl (C=O) groups is 2. The van der Waals surface area contributed by atoms with Crippen LogP contribution in [0, 0.1) is 0 Å². The molecule has 2 heterocycles. The first-order chi connectivity index (χ1) is 17.5. The summed E-state index contributed by atoms with van der Waals surface area (Å²) in [6.45, 7) is 6.94. The van der Waals surface area contributed by atoms with Crippen molar-refractivity contribution in [1.82, 2.24) is 9.80 Å². The van der Waals surface area contributed by atoms with Crippen LogP contribution >= 0.6 is 0 Å². The number of rotatable bonds is 10. The molecule has 0 radical (unpaired) electrons. The Kier molecular flexibility index (Phi) is 8.61. The molecule has 0 saturated carbocycles. The van der Waals surface area contributed by atoms with Gasteiger partial charge in [-0.1, -0.05) is 25.5 Å². The van der Waals surface area contributed by atoms with Crippen LogP contribution in [-0.4, -0.2) is 77.7 Å². The van der Waals surface area contributed by atoms with Crippen LogP contribution in [0.3, 0.4) is 0 Å². The fourth-order valence-corrected chi connectivity index (χ4v) is 4.60. The molecule has 2 aromatic carbocycles. The molecule has 0 spiro atoms. The molecule has 4 rings (SSSR count). The highest BCUT2D eigenvalue weighted by atomic mass is 16.5. The zero-order chi connectivity index (χ0) is 25.5. The van der Waals surface area contributed by atoms with E-state index in [1.54, 1.807) is 36.4 Å². The van der Waals surface area contributed by atoms with E-state index in [2.05, 4.69) is 11.8 Å². The number of phenolic OH excluding ortho intramolecular Hbond substituents is 1. The standard InChI is InChI=1S/C28H34N2O6/c1-2-3-17-36-23-11-7-21(8-12-23)26(32)24-25(20-5-9-22(31)10-6-20)30(28(34)27(24)33)14-4-13-29-15-18-35-19-16-29/h5-12,25,31-32H,2-4,13-19H2,1H3/b26-24+. The van der Waals surface area contributed by atoms with Crippen molar-refractivity contribution in [2.45, 2.75) is 32.2 Å². The van der Waals surface area contributed by atoms with Gasteiger partial charge in [0, 0.05) is 31.7 Å². The van der Waals surface area contributed by atoms with Crippen molar-refractivity contribution in [3.63, 3.8) is 0 Å². The van der Waals surface area contributed by atoms with E-state index in [0.29, 0.717) is 49.7 Å². The number of amides is 1. The lowest BCUT2D eigenvalue weighted by atomic mass is 9.95. The number of Topliss-reactive ketones (excluding diaryl/α,β-unsaturated/α-hetero) is 1. The van der Waals surface area contributed by atoms with Gasteiger partial charge < -0.3 is 24.6 Å². The van der Waals surface area contributed by atoms with Gasteiger partial charge in [0.2, 0.25) is 0 Å². The van der Waals surface area contributed by atoms with Crippen LogP contribution in [0.25, 0.3) is 5.76 Å². The lowest BCUT2D eigenvalue weighted by Gasteiger charge is -2.29. The second-order valence-electron chi connectivity index (χ2n) is 9.12. The predicted octanol–water partition coefficient (Wildman–Crippen LogP) is 3.72. The number of likely N-dealkylation sites (tertiary alicyclic amines) is 1. The number of morpholine rings is 1. The normalized spacial score (nSPS) is 20.1. The van der Waals surface area contributed by atoms with Crippen molar-refractivity contribution in [3.05, 3.63) is 65.2 Å². The first kappa shape index (κ1) is 25.7. The van der Waals surface area contributed by atoms with Crippen molar-refractivity contribution < 1.29 is 29.3 Å². The van der Waals surface area contributed by atoms with Crippen molar-refractivity contribution in [1.29, 1.82) is 0 Å². The highest BCUT2D eigenvalue weighted by Crippen LogP contribution is 2.40. The van der Waals surface area contributed by atoms with Crippen LogP contribution in [0.1, 0.15) is 43.4 Å². The predicted molar refractivity (Wildman–Crippen MR) is 136 cm³/mol. The molecular formula is C28H34N2O6. The SMILES string of the molecule is CCCCOc1ccc(/C(O)=C2\C(=O)C(=O)N(CCCN3CCOCC3)C2c2ccc(O)cc2)cc1. The largest absolute Gasteiger partial charge is 0.508 e. The van der Waals surface area contributed by atoms with Crippen molar-refractivity contribution in [2.75, 3.05) is 46.0 Å². The van der Waals surface area contributed by atoms with Gasteiger partial charge in [-0.25, -0.2) is 0 Å². The van der Waals surface area contributed by atoms with Gasteiger partial charge in [0.1, 0.15) is 17.3 Å². The zero-order valence-corrected chi connectivity index (χ0v) is 20.7. The molecule has 1 atom stereocenters. The van der Waals surface area contributed by atoms with E-state index in [-0.39, 0.29) is 17.1 Å². The molecule has 0 aliphatic carbocycles. The highest BCUT2D eigenvalue weighted by molar-refractivity contribution is 6.46. The number of ketones is 1. The van der Waals surface area contributed by atoms with Crippen LogP contribution in [0.15, 0.2) is 54.1 Å². The Morgan fingerprint density at radius 3 is 2.36 bits per heavy atom. The smallest absolute Gasteiger partial charge is 0.295 e. The van der Waals surface area contributed by atoms with Gasteiger partial charge >= 0.3 is 0 Å². The Labute approximate surface area is 211 Å². The monoisotopic (exact) mass is 494 g/mol. The summed E-state index contributed by atoms with van der Waals surface area (Å²) in [4.78, 5) is 30.1. The number of aliphatic hydroxyl groups excluding tert-OH is 1. The molecule has 36 heavy (non-hydrogen) atoms. The van der Waals surface area contributed by atoms with Gasteiger partial charge in [-0.05, 0) is 54.8 Å². The van der Waals surface area contributed by atoms with Crippen LogP contribution in [0.4, 0.5) is 0 Å². The summed E-state index contributed by atoms with van der Waals surface area (Å²) >= 11 is 0. The van der Waals surface area contributed by atoms with E-state index < -0.39 is 17.7 Å². The minimum absolute atomic E-state index is 0.0525. The topological polar surface area (TPSA) is 99.5 Å².